The molecule has 0 fully saturated rings. The third kappa shape index (κ3) is 5.03. The first-order chi connectivity index (χ1) is 14.7. The Morgan fingerprint density at radius 1 is 1.13 bits per heavy atom. The van der Waals surface area contributed by atoms with Crippen molar-refractivity contribution in [2.75, 3.05) is 19.4 Å². The van der Waals surface area contributed by atoms with Gasteiger partial charge in [0.05, 0.1) is 28.9 Å². The number of amides is 1. The van der Waals surface area contributed by atoms with Crippen molar-refractivity contribution in [2.24, 2.45) is 0 Å². The molecule has 7 nitrogen and oxygen atoms in total. The number of aromatic nitrogens is 2. The highest BCUT2D eigenvalue weighted by molar-refractivity contribution is 7.89. The lowest BCUT2D eigenvalue weighted by Crippen LogP contribution is -2.22. The molecule has 0 saturated carbocycles. The molecule has 1 N–H and O–H groups in total. The highest BCUT2D eigenvalue weighted by Crippen LogP contribution is 2.23. The van der Waals surface area contributed by atoms with Crippen LogP contribution in [-0.4, -0.2) is 42.5 Å². The van der Waals surface area contributed by atoms with Crippen LogP contribution in [0.25, 0.3) is 0 Å². The van der Waals surface area contributed by atoms with Gasteiger partial charge in [-0.1, -0.05) is 49.7 Å². The molecule has 0 aliphatic carbocycles. The molecule has 0 unspecified atom stereocenters. The maximum Gasteiger partial charge on any atom is 0.259 e. The normalized spacial score (nSPS) is 11.6. The van der Waals surface area contributed by atoms with E-state index in [1.807, 2.05) is 41.9 Å². The maximum atomic E-state index is 13.1. The monoisotopic (exact) mass is 440 g/mol. The van der Waals surface area contributed by atoms with E-state index in [0.29, 0.717) is 24.2 Å². The summed E-state index contributed by atoms with van der Waals surface area (Å²) in [5.74, 6) is -0.301. The molecule has 0 aliphatic heterocycles. The van der Waals surface area contributed by atoms with Gasteiger partial charge in [0.25, 0.3) is 5.91 Å². The Bertz CT molecular complexity index is 1170. The maximum absolute atomic E-state index is 13.1. The van der Waals surface area contributed by atoms with Crippen molar-refractivity contribution in [1.82, 2.24) is 14.1 Å². The summed E-state index contributed by atoms with van der Waals surface area (Å²) in [6.07, 6.45) is 3.17. The molecule has 3 rings (SSSR count). The fourth-order valence-corrected chi connectivity index (χ4v) is 4.22. The predicted molar refractivity (Wildman–Crippen MR) is 122 cm³/mol. The molecule has 1 aromatic heterocycles. The Hall–Kier alpha value is -2.97. The molecular formula is C23H28N4O3S. The molecule has 8 heteroatoms. The van der Waals surface area contributed by atoms with Crippen molar-refractivity contribution >= 4 is 21.6 Å². The van der Waals surface area contributed by atoms with Gasteiger partial charge in [-0.15, -0.1) is 0 Å². The second-order valence-corrected chi connectivity index (χ2v) is 9.77. The van der Waals surface area contributed by atoms with E-state index in [0.717, 1.165) is 27.5 Å². The lowest BCUT2D eigenvalue weighted by atomic mass is 10.1. The second kappa shape index (κ2) is 9.45. The van der Waals surface area contributed by atoms with Gasteiger partial charge in [-0.2, -0.15) is 5.10 Å². The third-order valence-electron chi connectivity index (χ3n) is 5.09. The van der Waals surface area contributed by atoms with Crippen LogP contribution in [-0.2, 0) is 23.0 Å². The molecule has 0 radical (unpaired) electrons. The highest BCUT2D eigenvalue weighted by Gasteiger charge is 2.21. The van der Waals surface area contributed by atoms with Gasteiger partial charge in [0.1, 0.15) is 0 Å². The van der Waals surface area contributed by atoms with Gasteiger partial charge >= 0.3 is 0 Å². The topological polar surface area (TPSA) is 84.3 Å². The molecule has 0 aliphatic rings. The largest absolute Gasteiger partial charge is 0.322 e. The van der Waals surface area contributed by atoms with Crippen molar-refractivity contribution in [1.29, 1.82) is 0 Å². The molecule has 0 bridgehead atoms. The van der Waals surface area contributed by atoms with Gasteiger partial charge in [-0.3, -0.25) is 9.48 Å². The van der Waals surface area contributed by atoms with Gasteiger partial charge in [0, 0.05) is 19.8 Å². The number of benzene rings is 2. The smallest absolute Gasteiger partial charge is 0.259 e. The van der Waals surface area contributed by atoms with Crippen LogP contribution in [0.15, 0.2) is 59.6 Å². The lowest BCUT2D eigenvalue weighted by molar-refractivity contribution is 0.102. The number of carbonyl (C=O) groups excluding carboxylic acids is 1. The summed E-state index contributed by atoms with van der Waals surface area (Å²) in [5.41, 5.74) is 3.70. The molecule has 0 spiro atoms. The van der Waals surface area contributed by atoms with Gasteiger partial charge in [-0.25, -0.2) is 12.7 Å². The van der Waals surface area contributed by atoms with E-state index >= 15 is 0 Å². The van der Waals surface area contributed by atoms with Crippen molar-refractivity contribution < 1.29 is 13.2 Å². The van der Waals surface area contributed by atoms with E-state index in [2.05, 4.69) is 17.3 Å². The number of anilines is 1. The van der Waals surface area contributed by atoms with Gasteiger partial charge < -0.3 is 5.32 Å². The number of hydrogen-bond acceptors (Lipinski definition) is 4. The van der Waals surface area contributed by atoms with Crippen LogP contribution < -0.4 is 5.32 Å². The summed E-state index contributed by atoms with van der Waals surface area (Å²) in [6, 6.07) is 14.7. The molecule has 31 heavy (non-hydrogen) atoms. The van der Waals surface area contributed by atoms with Crippen molar-refractivity contribution in [3.63, 3.8) is 0 Å². The minimum absolute atomic E-state index is 0.131. The Morgan fingerprint density at radius 3 is 2.48 bits per heavy atom. The average molecular weight is 441 g/mol. The summed E-state index contributed by atoms with van der Waals surface area (Å²) < 4.78 is 27.9. The first-order valence-corrected chi connectivity index (χ1v) is 11.6. The van der Waals surface area contributed by atoms with Crippen LogP contribution in [0.1, 0.15) is 40.5 Å². The van der Waals surface area contributed by atoms with E-state index in [4.69, 9.17) is 0 Å². The Labute approximate surface area is 183 Å². The summed E-state index contributed by atoms with van der Waals surface area (Å²) in [6.45, 7) is 4.47. The van der Waals surface area contributed by atoms with E-state index in [9.17, 15) is 13.2 Å². The van der Waals surface area contributed by atoms with Crippen LogP contribution in [0, 0.1) is 6.92 Å². The average Bonchev–Trinajstić information content (AvgIpc) is 3.12. The molecular weight excluding hydrogens is 412 g/mol. The zero-order chi connectivity index (χ0) is 22.6. The van der Waals surface area contributed by atoms with Crippen molar-refractivity contribution in [2.45, 2.75) is 38.1 Å². The van der Waals surface area contributed by atoms with Gasteiger partial charge in [-0.05, 0) is 36.6 Å². The summed E-state index contributed by atoms with van der Waals surface area (Å²) in [4.78, 5) is 13.2. The summed E-state index contributed by atoms with van der Waals surface area (Å²) >= 11 is 0. The number of nitrogens with one attached hydrogen (secondary N) is 1. The Kier molecular flexibility index (Phi) is 6.92. The van der Waals surface area contributed by atoms with Crippen LogP contribution in [0.2, 0.25) is 0 Å². The third-order valence-corrected chi connectivity index (χ3v) is 6.90. The second-order valence-electron chi connectivity index (χ2n) is 7.62. The predicted octanol–water partition coefficient (Wildman–Crippen LogP) is 3.69. The first-order valence-electron chi connectivity index (χ1n) is 10.2. The van der Waals surface area contributed by atoms with Crippen molar-refractivity contribution in [3.8, 4) is 0 Å². The Balaban J connectivity index is 1.90. The molecule has 0 atom stereocenters. The van der Waals surface area contributed by atoms with E-state index in [1.54, 1.807) is 18.3 Å². The standard InChI is InChI=1S/C23H28N4O3S/c1-5-9-22-20(15-24-27(22)16-18-10-7-6-8-11-18)23(28)25-21-14-19(13-12-17(21)2)31(29,30)26(3)4/h6-8,10-15H,5,9,16H2,1-4H3,(H,25,28). The van der Waals surface area contributed by atoms with Crippen LogP contribution in [0.3, 0.4) is 0 Å². The number of carbonyl (C=O) groups is 1. The van der Waals surface area contributed by atoms with E-state index in [1.165, 1.54) is 20.2 Å². The van der Waals surface area contributed by atoms with Crippen LogP contribution in [0.4, 0.5) is 5.69 Å². The molecule has 0 saturated heterocycles. The van der Waals surface area contributed by atoms with E-state index < -0.39 is 10.0 Å². The fourth-order valence-electron chi connectivity index (χ4n) is 3.29. The summed E-state index contributed by atoms with van der Waals surface area (Å²) in [5, 5.41) is 7.33. The number of sulfonamides is 1. The molecule has 3 aromatic rings. The molecule has 1 amide bonds. The number of hydrogen-bond donors (Lipinski definition) is 1. The summed E-state index contributed by atoms with van der Waals surface area (Å²) in [7, 11) is -0.643. The number of nitrogens with zero attached hydrogens (tertiary/aromatic N) is 3. The lowest BCUT2D eigenvalue weighted by Gasteiger charge is -2.15. The molecule has 164 valence electrons. The fraction of sp³-hybridized carbons (Fsp3) is 0.304. The number of aryl methyl sites for hydroxylation is 1. The Morgan fingerprint density at radius 2 is 1.84 bits per heavy atom. The first kappa shape index (κ1) is 22.7. The van der Waals surface area contributed by atoms with Gasteiger partial charge in [0.15, 0.2) is 0 Å². The van der Waals surface area contributed by atoms with E-state index in [-0.39, 0.29) is 10.8 Å². The minimum Gasteiger partial charge on any atom is -0.322 e. The van der Waals surface area contributed by atoms with Crippen molar-refractivity contribution in [3.05, 3.63) is 77.1 Å². The minimum atomic E-state index is -3.60. The zero-order valence-corrected chi connectivity index (χ0v) is 19.1. The van der Waals surface area contributed by atoms with Crippen LogP contribution >= 0.6 is 0 Å². The number of rotatable bonds is 8. The van der Waals surface area contributed by atoms with Crippen LogP contribution in [0.5, 0.6) is 0 Å². The quantitative estimate of drug-likeness (QED) is 0.579. The molecule has 2 aromatic carbocycles. The van der Waals surface area contributed by atoms with Gasteiger partial charge in [0.2, 0.25) is 10.0 Å². The highest BCUT2D eigenvalue weighted by atomic mass is 32.2. The SMILES string of the molecule is CCCc1c(C(=O)Nc2cc(S(=O)(=O)N(C)C)ccc2C)cnn1Cc1ccccc1. The molecule has 1 heterocycles. The zero-order valence-electron chi connectivity index (χ0n) is 18.3.